The Bertz CT molecular complexity index is 705. The molecule has 2 aromatic rings. The van der Waals surface area contributed by atoms with Crippen LogP contribution in [0.25, 0.3) is 0 Å². The molecule has 24 heavy (non-hydrogen) atoms. The van der Waals surface area contributed by atoms with Gasteiger partial charge in [-0.1, -0.05) is 6.07 Å². The minimum absolute atomic E-state index is 0.0299. The maximum absolute atomic E-state index is 12.9. The highest BCUT2D eigenvalue weighted by molar-refractivity contribution is 5.96. The summed E-state index contributed by atoms with van der Waals surface area (Å²) < 4.78 is 7.69. The van der Waals surface area contributed by atoms with Gasteiger partial charge in [0.15, 0.2) is 0 Å². The second-order valence-electron chi connectivity index (χ2n) is 6.29. The Labute approximate surface area is 142 Å². The van der Waals surface area contributed by atoms with E-state index in [9.17, 15) is 4.79 Å². The molecule has 0 bridgehead atoms. The van der Waals surface area contributed by atoms with Gasteiger partial charge in [0.1, 0.15) is 6.23 Å². The van der Waals surface area contributed by atoms with Crippen molar-refractivity contribution in [3.8, 4) is 0 Å². The monoisotopic (exact) mass is 328 g/mol. The van der Waals surface area contributed by atoms with Crippen LogP contribution < -0.4 is 0 Å². The molecule has 128 valence electrons. The second-order valence-corrected chi connectivity index (χ2v) is 6.29. The fraction of sp³-hybridized carbons (Fsp3) is 0.500. The number of hydrogen-bond acceptors (Lipinski definition) is 4. The van der Waals surface area contributed by atoms with E-state index >= 15 is 0 Å². The quantitative estimate of drug-likeness (QED) is 0.866. The van der Waals surface area contributed by atoms with Crippen LogP contribution in [-0.2, 0) is 11.3 Å². The van der Waals surface area contributed by atoms with Crippen molar-refractivity contribution >= 4 is 5.91 Å². The highest BCUT2D eigenvalue weighted by Gasteiger charge is 2.26. The number of rotatable bonds is 4. The first kappa shape index (κ1) is 16.6. The summed E-state index contributed by atoms with van der Waals surface area (Å²) >= 11 is 0. The summed E-state index contributed by atoms with van der Waals surface area (Å²) in [7, 11) is 1.80. The van der Waals surface area contributed by atoms with Gasteiger partial charge in [-0.2, -0.15) is 5.10 Å². The van der Waals surface area contributed by atoms with Gasteiger partial charge >= 0.3 is 0 Å². The number of aryl methyl sites for hydroxylation is 1. The highest BCUT2D eigenvalue weighted by atomic mass is 16.5. The summed E-state index contributed by atoms with van der Waals surface area (Å²) in [5.41, 5.74) is 3.16. The molecule has 0 aromatic carbocycles. The van der Waals surface area contributed by atoms with E-state index in [4.69, 9.17) is 4.74 Å². The molecule has 1 saturated heterocycles. The Balaban J connectivity index is 1.80. The molecule has 1 fully saturated rings. The van der Waals surface area contributed by atoms with Gasteiger partial charge in [-0.05, 0) is 45.2 Å². The molecule has 1 atom stereocenters. The average molecular weight is 328 g/mol. The van der Waals surface area contributed by atoms with Crippen LogP contribution in [0.3, 0.4) is 0 Å². The van der Waals surface area contributed by atoms with E-state index in [1.807, 2.05) is 36.7 Å². The molecule has 3 rings (SSSR count). The van der Waals surface area contributed by atoms with Crippen molar-refractivity contribution in [2.45, 2.75) is 45.9 Å². The molecule has 6 heteroatoms. The van der Waals surface area contributed by atoms with Crippen LogP contribution in [0.2, 0.25) is 0 Å². The van der Waals surface area contributed by atoms with Crippen LogP contribution in [0.5, 0.6) is 0 Å². The zero-order valence-electron chi connectivity index (χ0n) is 14.5. The molecule has 0 aliphatic carbocycles. The number of hydrogen-bond donors (Lipinski definition) is 0. The number of ether oxygens (including phenoxy) is 1. The van der Waals surface area contributed by atoms with Crippen LogP contribution >= 0.6 is 0 Å². The van der Waals surface area contributed by atoms with Crippen molar-refractivity contribution < 1.29 is 9.53 Å². The van der Waals surface area contributed by atoms with Crippen molar-refractivity contribution in [1.82, 2.24) is 19.7 Å². The van der Waals surface area contributed by atoms with Gasteiger partial charge in [-0.25, -0.2) is 4.68 Å². The smallest absolute Gasteiger partial charge is 0.257 e. The van der Waals surface area contributed by atoms with Crippen molar-refractivity contribution in [2.24, 2.45) is 0 Å². The number of nitrogens with zero attached hydrogens (tertiary/aromatic N) is 4. The molecule has 1 aliphatic heterocycles. The minimum atomic E-state index is -0.0555. The zero-order valence-corrected chi connectivity index (χ0v) is 14.5. The summed E-state index contributed by atoms with van der Waals surface area (Å²) in [6.07, 6.45) is 4.85. The molecule has 0 spiro atoms. The van der Waals surface area contributed by atoms with Gasteiger partial charge in [0.05, 0.1) is 29.2 Å². The van der Waals surface area contributed by atoms with Crippen molar-refractivity contribution in [1.29, 1.82) is 0 Å². The summed E-state index contributed by atoms with van der Waals surface area (Å²) in [4.78, 5) is 18.9. The third-order valence-corrected chi connectivity index (χ3v) is 4.44. The predicted octanol–water partition coefficient (Wildman–Crippen LogP) is 2.87. The van der Waals surface area contributed by atoms with Gasteiger partial charge in [0.25, 0.3) is 5.91 Å². The van der Waals surface area contributed by atoms with Crippen LogP contribution in [0, 0.1) is 13.8 Å². The van der Waals surface area contributed by atoms with E-state index in [2.05, 4.69) is 10.1 Å². The maximum Gasteiger partial charge on any atom is 0.257 e. The van der Waals surface area contributed by atoms with E-state index in [1.54, 1.807) is 18.1 Å². The SMILES string of the molecule is Cc1nn(C2CCCCO2)c(C)c1C(=O)N(C)Cc1ccccn1. The van der Waals surface area contributed by atoms with Crippen LogP contribution in [0.4, 0.5) is 0 Å². The number of carbonyl (C=O) groups is 1. The molecule has 2 aromatic heterocycles. The Hall–Kier alpha value is -2.21. The lowest BCUT2D eigenvalue weighted by Crippen LogP contribution is -2.28. The molecule has 1 amide bonds. The van der Waals surface area contributed by atoms with Gasteiger partial charge < -0.3 is 9.64 Å². The lowest BCUT2D eigenvalue weighted by atomic mass is 10.1. The normalized spacial score (nSPS) is 17.7. The Morgan fingerprint density at radius 1 is 1.38 bits per heavy atom. The van der Waals surface area contributed by atoms with E-state index < -0.39 is 0 Å². The van der Waals surface area contributed by atoms with Gasteiger partial charge in [0, 0.05) is 19.9 Å². The third-order valence-electron chi connectivity index (χ3n) is 4.44. The number of pyridine rings is 1. The third kappa shape index (κ3) is 3.33. The maximum atomic E-state index is 12.9. The van der Waals surface area contributed by atoms with Crippen LogP contribution in [0.15, 0.2) is 24.4 Å². The second kappa shape index (κ2) is 7.13. The molecular weight excluding hydrogens is 304 g/mol. The lowest BCUT2D eigenvalue weighted by molar-refractivity contribution is -0.0408. The van der Waals surface area contributed by atoms with E-state index in [0.717, 1.165) is 43.0 Å². The first-order valence-electron chi connectivity index (χ1n) is 8.40. The molecule has 3 heterocycles. The van der Waals surface area contributed by atoms with Crippen molar-refractivity contribution in [2.75, 3.05) is 13.7 Å². The molecule has 1 unspecified atom stereocenters. The zero-order chi connectivity index (χ0) is 17.1. The van der Waals surface area contributed by atoms with E-state index in [0.29, 0.717) is 12.1 Å². The van der Waals surface area contributed by atoms with Crippen molar-refractivity contribution in [3.63, 3.8) is 0 Å². The molecule has 6 nitrogen and oxygen atoms in total. The minimum Gasteiger partial charge on any atom is -0.357 e. The molecular formula is C18H24N4O2. The highest BCUT2D eigenvalue weighted by Crippen LogP contribution is 2.26. The first-order valence-corrected chi connectivity index (χ1v) is 8.40. The summed E-state index contributed by atoms with van der Waals surface area (Å²) in [5.74, 6) is -0.0299. The molecule has 0 N–H and O–H groups in total. The topological polar surface area (TPSA) is 60.3 Å². The summed E-state index contributed by atoms with van der Waals surface area (Å²) in [6, 6.07) is 5.71. The largest absolute Gasteiger partial charge is 0.357 e. The Morgan fingerprint density at radius 2 is 2.21 bits per heavy atom. The number of carbonyl (C=O) groups excluding carboxylic acids is 1. The molecule has 0 radical (unpaired) electrons. The number of aromatic nitrogens is 3. The van der Waals surface area contributed by atoms with E-state index in [-0.39, 0.29) is 12.1 Å². The van der Waals surface area contributed by atoms with Crippen LogP contribution in [0.1, 0.15) is 52.9 Å². The average Bonchev–Trinajstić information content (AvgIpc) is 2.90. The van der Waals surface area contributed by atoms with Gasteiger partial charge in [-0.3, -0.25) is 9.78 Å². The Kier molecular flexibility index (Phi) is 4.94. The van der Waals surface area contributed by atoms with Gasteiger partial charge in [0.2, 0.25) is 0 Å². The molecule has 1 aliphatic rings. The predicted molar refractivity (Wildman–Crippen MR) is 90.6 cm³/mol. The van der Waals surface area contributed by atoms with E-state index in [1.165, 1.54) is 0 Å². The van der Waals surface area contributed by atoms with Gasteiger partial charge in [-0.15, -0.1) is 0 Å². The van der Waals surface area contributed by atoms with Crippen LogP contribution in [-0.4, -0.2) is 39.2 Å². The number of amides is 1. The molecule has 0 saturated carbocycles. The van der Waals surface area contributed by atoms with Crippen molar-refractivity contribution in [3.05, 3.63) is 47.0 Å². The lowest BCUT2D eigenvalue weighted by Gasteiger charge is -2.24. The summed E-state index contributed by atoms with van der Waals surface area (Å²) in [6.45, 7) is 5.06. The summed E-state index contributed by atoms with van der Waals surface area (Å²) in [5, 5.41) is 4.57. The standard InChI is InChI=1S/C18H24N4O2/c1-13-17(14(2)22(20-13)16-9-5-7-11-24-16)18(23)21(3)12-15-8-4-6-10-19-15/h4,6,8,10,16H,5,7,9,11-12H2,1-3H3. The Morgan fingerprint density at radius 3 is 2.88 bits per heavy atom. The first-order chi connectivity index (χ1) is 11.6. The fourth-order valence-electron chi connectivity index (χ4n) is 3.17. The fourth-order valence-corrected chi connectivity index (χ4v) is 3.17.